The molecule has 35 heavy (non-hydrogen) atoms. The maximum atomic E-state index is 14.1. The molecule has 2 aliphatic heterocycles. The molecular formula is C24H25ClF2N6O2. The molecule has 0 aliphatic carbocycles. The highest BCUT2D eigenvalue weighted by molar-refractivity contribution is 6.30. The molecule has 11 heteroatoms. The molecule has 0 unspecified atom stereocenters. The van der Waals surface area contributed by atoms with Gasteiger partial charge in [-0.15, -0.1) is 0 Å². The number of hydrogen-bond acceptors (Lipinski definition) is 6. The third kappa shape index (κ3) is 4.80. The Labute approximate surface area is 206 Å². The Bertz CT molecular complexity index is 1280. The maximum absolute atomic E-state index is 14.1. The van der Waals surface area contributed by atoms with Crippen molar-refractivity contribution in [3.63, 3.8) is 0 Å². The summed E-state index contributed by atoms with van der Waals surface area (Å²) in [5.41, 5.74) is 3.26. The fourth-order valence-corrected chi connectivity index (χ4v) is 4.66. The number of ether oxygens (including phenoxy) is 1. The SMILES string of the molecule is CC(=O)N1CCc2nc(N3CCC(Oc4cc(Cl)c(F)cc4F)CC3)c(-c3cnn(C)c3)nc2C1. The first-order valence-corrected chi connectivity index (χ1v) is 11.9. The molecule has 2 aliphatic rings. The summed E-state index contributed by atoms with van der Waals surface area (Å²) in [6.07, 6.45) is 5.30. The molecule has 184 valence electrons. The zero-order chi connectivity index (χ0) is 24.7. The number of fused-ring (bicyclic) bond motifs is 1. The number of aromatic nitrogens is 4. The number of carbonyl (C=O) groups excluding carboxylic acids is 1. The Balaban J connectivity index is 1.38. The molecule has 0 saturated carbocycles. The quantitative estimate of drug-likeness (QED) is 0.506. The van der Waals surface area contributed by atoms with Crippen molar-refractivity contribution in [2.45, 2.75) is 38.8 Å². The standard InChI is InChI=1S/C24H25ClF2N6O2/c1-14(34)33-8-5-20-21(13-33)29-23(15-11-28-31(2)12-15)24(30-20)32-6-3-16(4-7-32)35-22-9-17(25)18(26)10-19(22)27/h9-12,16H,3-8,13H2,1-2H3. The van der Waals surface area contributed by atoms with Crippen LogP contribution in [-0.4, -0.2) is 56.3 Å². The van der Waals surface area contributed by atoms with E-state index >= 15 is 0 Å². The van der Waals surface area contributed by atoms with Crippen molar-refractivity contribution in [2.24, 2.45) is 7.05 Å². The second-order valence-corrected chi connectivity index (χ2v) is 9.29. The van der Waals surface area contributed by atoms with Crippen LogP contribution in [0.5, 0.6) is 5.75 Å². The first-order valence-electron chi connectivity index (χ1n) is 11.5. The number of benzene rings is 1. The second-order valence-electron chi connectivity index (χ2n) is 8.88. The van der Waals surface area contributed by atoms with Gasteiger partial charge in [-0.2, -0.15) is 5.10 Å². The van der Waals surface area contributed by atoms with Crippen LogP contribution in [-0.2, 0) is 24.8 Å². The van der Waals surface area contributed by atoms with Crippen LogP contribution in [0.4, 0.5) is 14.6 Å². The van der Waals surface area contributed by atoms with Crippen LogP contribution < -0.4 is 9.64 Å². The Kier molecular flexibility index (Phi) is 6.31. The highest BCUT2D eigenvalue weighted by Gasteiger charge is 2.29. The van der Waals surface area contributed by atoms with Crippen LogP contribution >= 0.6 is 11.6 Å². The van der Waals surface area contributed by atoms with Gasteiger partial charge < -0.3 is 14.5 Å². The van der Waals surface area contributed by atoms with Crippen molar-refractivity contribution in [1.29, 1.82) is 0 Å². The summed E-state index contributed by atoms with van der Waals surface area (Å²) in [5.74, 6) is -0.845. The van der Waals surface area contributed by atoms with E-state index in [2.05, 4.69) is 10.00 Å². The van der Waals surface area contributed by atoms with E-state index in [0.717, 1.165) is 34.5 Å². The molecule has 0 bridgehead atoms. The van der Waals surface area contributed by atoms with Gasteiger partial charge in [-0.1, -0.05) is 11.6 Å². The van der Waals surface area contributed by atoms with Gasteiger partial charge >= 0.3 is 0 Å². The van der Waals surface area contributed by atoms with Crippen LogP contribution in [0.25, 0.3) is 11.3 Å². The highest BCUT2D eigenvalue weighted by Crippen LogP contribution is 2.33. The summed E-state index contributed by atoms with van der Waals surface area (Å²) in [4.78, 5) is 25.7. The highest BCUT2D eigenvalue weighted by atomic mass is 35.5. The monoisotopic (exact) mass is 502 g/mol. The lowest BCUT2D eigenvalue weighted by Crippen LogP contribution is -2.40. The summed E-state index contributed by atoms with van der Waals surface area (Å²) in [6.45, 7) is 3.87. The van der Waals surface area contributed by atoms with E-state index in [9.17, 15) is 13.6 Å². The number of nitrogens with zero attached hydrogens (tertiary/aromatic N) is 6. The summed E-state index contributed by atoms with van der Waals surface area (Å²) < 4.78 is 35.1. The molecule has 3 aromatic rings. The lowest BCUT2D eigenvalue weighted by Gasteiger charge is -2.35. The van der Waals surface area contributed by atoms with E-state index in [1.54, 1.807) is 22.7 Å². The predicted molar refractivity (Wildman–Crippen MR) is 126 cm³/mol. The lowest BCUT2D eigenvalue weighted by molar-refractivity contribution is -0.129. The van der Waals surface area contributed by atoms with Gasteiger partial charge in [-0.05, 0) is 0 Å². The Morgan fingerprint density at radius 3 is 2.57 bits per heavy atom. The second kappa shape index (κ2) is 9.41. The molecule has 0 N–H and O–H groups in total. The third-order valence-corrected chi connectivity index (χ3v) is 6.71. The van der Waals surface area contributed by atoms with E-state index in [-0.39, 0.29) is 22.8 Å². The van der Waals surface area contributed by atoms with Crippen LogP contribution in [0.3, 0.4) is 0 Å². The largest absolute Gasteiger partial charge is 0.487 e. The van der Waals surface area contributed by atoms with E-state index in [4.69, 9.17) is 26.3 Å². The van der Waals surface area contributed by atoms with E-state index in [1.807, 2.05) is 13.2 Å². The predicted octanol–water partition coefficient (Wildman–Crippen LogP) is 3.76. The average Bonchev–Trinajstić information content (AvgIpc) is 3.28. The van der Waals surface area contributed by atoms with Gasteiger partial charge in [0.15, 0.2) is 17.4 Å². The first kappa shape index (κ1) is 23.5. The third-order valence-electron chi connectivity index (χ3n) is 6.43. The topological polar surface area (TPSA) is 76.4 Å². The van der Waals surface area contributed by atoms with Gasteiger partial charge in [0, 0.05) is 76.8 Å². The van der Waals surface area contributed by atoms with Crippen LogP contribution in [0.2, 0.25) is 5.02 Å². The van der Waals surface area contributed by atoms with Crippen LogP contribution in [0.1, 0.15) is 31.2 Å². The summed E-state index contributed by atoms with van der Waals surface area (Å²) in [6, 6.07) is 1.92. The molecule has 5 rings (SSSR count). The number of amides is 1. The van der Waals surface area contributed by atoms with E-state index in [0.29, 0.717) is 45.4 Å². The Morgan fingerprint density at radius 1 is 1.11 bits per heavy atom. The molecule has 1 fully saturated rings. The molecule has 1 aromatic carbocycles. The van der Waals surface area contributed by atoms with Crippen LogP contribution in [0.15, 0.2) is 24.5 Å². The normalized spacial score (nSPS) is 16.4. The fourth-order valence-electron chi connectivity index (χ4n) is 4.51. The first-order chi connectivity index (χ1) is 16.8. The molecule has 2 aromatic heterocycles. The average molecular weight is 503 g/mol. The fraction of sp³-hybridized carbons (Fsp3) is 0.417. The van der Waals surface area contributed by atoms with Crippen molar-refractivity contribution < 1.29 is 18.3 Å². The summed E-state index contributed by atoms with van der Waals surface area (Å²) in [7, 11) is 1.84. The molecule has 4 heterocycles. The number of aryl methyl sites for hydroxylation is 1. The number of halogens is 3. The van der Waals surface area contributed by atoms with Gasteiger partial charge in [0.2, 0.25) is 5.91 Å². The van der Waals surface area contributed by atoms with Crippen molar-refractivity contribution in [3.05, 3.63) is 52.6 Å². The molecule has 0 atom stereocenters. The van der Waals surface area contributed by atoms with Crippen molar-refractivity contribution in [3.8, 4) is 17.0 Å². The van der Waals surface area contributed by atoms with Gasteiger partial charge in [0.1, 0.15) is 17.6 Å². The van der Waals surface area contributed by atoms with Gasteiger partial charge in [0.05, 0.1) is 29.2 Å². The van der Waals surface area contributed by atoms with Crippen molar-refractivity contribution in [1.82, 2.24) is 24.6 Å². The number of carbonyl (C=O) groups is 1. The number of hydrogen-bond donors (Lipinski definition) is 0. The molecule has 0 radical (unpaired) electrons. The molecule has 8 nitrogen and oxygen atoms in total. The van der Waals surface area contributed by atoms with E-state index < -0.39 is 11.6 Å². The molecular weight excluding hydrogens is 478 g/mol. The molecule has 1 saturated heterocycles. The van der Waals surface area contributed by atoms with Gasteiger partial charge in [-0.3, -0.25) is 9.48 Å². The van der Waals surface area contributed by atoms with Crippen molar-refractivity contribution >= 4 is 23.3 Å². The minimum atomic E-state index is -0.813. The molecule has 0 spiro atoms. The minimum absolute atomic E-state index is 0.0189. The van der Waals surface area contributed by atoms with Gasteiger partial charge in [-0.25, -0.2) is 18.7 Å². The van der Waals surface area contributed by atoms with E-state index in [1.165, 1.54) is 6.07 Å². The summed E-state index contributed by atoms with van der Waals surface area (Å²) in [5, 5.41) is 4.11. The Hall–Kier alpha value is -3.27. The molecule has 1 amide bonds. The summed E-state index contributed by atoms with van der Waals surface area (Å²) >= 11 is 5.79. The Morgan fingerprint density at radius 2 is 1.89 bits per heavy atom. The number of rotatable bonds is 4. The number of piperidine rings is 1. The maximum Gasteiger partial charge on any atom is 0.219 e. The van der Waals surface area contributed by atoms with Crippen LogP contribution in [0, 0.1) is 11.6 Å². The minimum Gasteiger partial charge on any atom is -0.487 e. The smallest absolute Gasteiger partial charge is 0.219 e. The number of anilines is 1. The zero-order valence-electron chi connectivity index (χ0n) is 19.5. The van der Waals surface area contributed by atoms with Crippen molar-refractivity contribution in [2.75, 3.05) is 24.5 Å². The zero-order valence-corrected chi connectivity index (χ0v) is 20.2. The van der Waals surface area contributed by atoms with Gasteiger partial charge in [0.25, 0.3) is 0 Å². The lowest BCUT2D eigenvalue weighted by atomic mass is 10.1.